The first kappa shape index (κ1) is 68.9. The second kappa shape index (κ2) is 35.5. The van der Waals surface area contributed by atoms with Crippen molar-refractivity contribution in [2.75, 3.05) is 19.8 Å². The van der Waals surface area contributed by atoms with Crippen LogP contribution in [-0.2, 0) is 67.0 Å². The molecule has 438 valence electrons. The summed E-state index contributed by atoms with van der Waals surface area (Å²) in [4.78, 5) is 17.2. The third-order valence-corrected chi connectivity index (χ3v) is 18.5. The fourth-order valence-corrected chi connectivity index (χ4v) is 11.5. The Kier molecular flexibility index (Phi) is 30.2. The molecule has 0 amide bonds. The minimum absolute atomic E-state index is 0. The van der Waals surface area contributed by atoms with E-state index in [2.05, 4.69) is 150 Å². The van der Waals surface area contributed by atoms with E-state index in [0.717, 1.165) is 98.9 Å². The maximum Gasteiger partial charge on any atom is 0.288 e. The second-order valence-corrected chi connectivity index (χ2v) is 25.7. The number of ether oxygens (including phenoxy) is 3. The summed E-state index contributed by atoms with van der Waals surface area (Å²) in [6.45, 7) is 28.6. The Bertz CT molecular complexity index is 2960. The number of rotatable bonds is 24. The maximum absolute atomic E-state index is 12.3. The first-order valence-electron chi connectivity index (χ1n) is 28.6. The summed E-state index contributed by atoms with van der Waals surface area (Å²) in [6.07, 6.45) is 6.30. The molecule has 0 radical (unpaired) electrons. The Morgan fingerprint density at radius 1 is 0.420 bits per heavy atom. The van der Waals surface area contributed by atoms with Gasteiger partial charge in [-0.1, -0.05) is 215 Å². The van der Waals surface area contributed by atoms with Gasteiger partial charge in [-0.15, -0.1) is 0 Å². The van der Waals surface area contributed by atoms with Gasteiger partial charge in [-0.3, -0.25) is 4.79 Å². The zero-order valence-electron chi connectivity index (χ0n) is 49.6. The summed E-state index contributed by atoms with van der Waals surface area (Å²) in [7, 11) is 0. The van der Waals surface area contributed by atoms with Gasteiger partial charge < -0.3 is 64.7 Å². The van der Waals surface area contributed by atoms with Crippen LogP contribution in [-0.4, -0.2) is 19.8 Å². The molecule has 0 aliphatic rings. The SMILES string of the molecule is CCC(C)c1ccc(OCCC(C)C)c(-c2sc(=O)sc2-c2ccccc2)c1.CCC(C)c1ccc(OCCC(C)C)c(C([S-])=C([S-])c2ccccc2)c1.CCC(C)c1ccc(OCCC(C)C)c(C([S-])=C([S-])c2ccccc2)c1.[Ni]. The van der Waals surface area contributed by atoms with Crippen molar-refractivity contribution in [1.82, 2.24) is 0 Å². The first-order chi connectivity index (χ1) is 38.4. The molecule has 0 aliphatic carbocycles. The van der Waals surface area contributed by atoms with Crippen LogP contribution in [0.4, 0.5) is 0 Å². The van der Waals surface area contributed by atoms with Crippen LogP contribution in [0.5, 0.6) is 17.2 Å². The van der Waals surface area contributed by atoms with Crippen molar-refractivity contribution in [3.8, 4) is 38.1 Å². The minimum atomic E-state index is 0. The van der Waals surface area contributed by atoms with E-state index in [4.69, 9.17) is 64.7 Å². The molecular formula is C70H84NiO4S6-4. The molecule has 11 heteroatoms. The van der Waals surface area contributed by atoms with Crippen molar-refractivity contribution in [1.29, 1.82) is 0 Å². The van der Waals surface area contributed by atoms with Gasteiger partial charge in [-0.2, -0.15) is 19.6 Å². The predicted molar refractivity (Wildman–Crippen MR) is 359 cm³/mol. The summed E-state index contributed by atoms with van der Waals surface area (Å²) in [5.74, 6) is 5.78. The van der Waals surface area contributed by atoms with E-state index in [1.807, 2.05) is 78.9 Å². The van der Waals surface area contributed by atoms with E-state index in [9.17, 15) is 4.79 Å². The molecular weight excluding hydrogens is 1160 g/mol. The predicted octanol–water partition coefficient (Wildman–Crippen LogP) is 20.5. The Balaban J connectivity index is 0.000000260. The van der Waals surface area contributed by atoms with Crippen LogP contribution in [0.3, 0.4) is 0 Å². The van der Waals surface area contributed by atoms with Crippen LogP contribution in [0.25, 0.3) is 40.5 Å². The van der Waals surface area contributed by atoms with Crippen molar-refractivity contribution in [3.63, 3.8) is 0 Å². The van der Waals surface area contributed by atoms with Gasteiger partial charge in [0, 0.05) is 22.1 Å². The van der Waals surface area contributed by atoms with Crippen molar-refractivity contribution in [2.45, 2.75) is 139 Å². The van der Waals surface area contributed by atoms with Crippen LogP contribution in [0.15, 0.2) is 150 Å². The summed E-state index contributed by atoms with van der Waals surface area (Å²) < 4.78 is 18.5. The fraction of sp³-hybridized carbons (Fsp3) is 0.386. The van der Waals surface area contributed by atoms with Crippen molar-refractivity contribution >= 4 is 92.8 Å². The normalized spacial score (nSPS) is 12.9. The molecule has 0 aliphatic heterocycles. The molecule has 0 fully saturated rings. The third-order valence-electron chi connectivity index (χ3n) is 14.2. The van der Waals surface area contributed by atoms with E-state index >= 15 is 0 Å². The Hall–Kier alpha value is -4.58. The van der Waals surface area contributed by atoms with E-state index in [0.29, 0.717) is 74.9 Å². The summed E-state index contributed by atoms with van der Waals surface area (Å²) in [6, 6.07) is 49.3. The zero-order valence-corrected chi connectivity index (χ0v) is 55.5. The second-order valence-electron chi connectivity index (χ2n) is 21.8. The number of hydrogen-bond acceptors (Lipinski definition) is 10. The van der Waals surface area contributed by atoms with Gasteiger partial charge in [0.05, 0.1) is 29.6 Å². The minimum Gasteiger partial charge on any atom is -0.780 e. The molecule has 4 nitrogen and oxygen atoms in total. The quantitative estimate of drug-likeness (QED) is 0.0337. The van der Waals surface area contributed by atoms with E-state index < -0.39 is 0 Å². The average Bonchev–Trinajstić information content (AvgIpc) is 3.89. The van der Waals surface area contributed by atoms with Crippen molar-refractivity contribution < 1.29 is 30.7 Å². The molecule has 0 bridgehead atoms. The van der Waals surface area contributed by atoms with Gasteiger partial charge in [0.15, 0.2) is 0 Å². The Morgan fingerprint density at radius 2 is 0.753 bits per heavy atom. The molecule has 7 aromatic rings. The monoisotopic (exact) mass is 1240 g/mol. The molecule has 6 aromatic carbocycles. The molecule has 1 aromatic heterocycles. The smallest absolute Gasteiger partial charge is 0.288 e. The average molecular weight is 1240 g/mol. The Labute approximate surface area is 527 Å². The van der Waals surface area contributed by atoms with E-state index in [1.54, 1.807) is 0 Å². The van der Waals surface area contributed by atoms with Gasteiger partial charge in [0.25, 0.3) is 4.06 Å². The fourth-order valence-electron chi connectivity index (χ4n) is 8.32. The van der Waals surface area contributed by atoms with Crippen LogP contribution < -0.4 is 18.3 Å². The molecule has 3 atom stereocenters. The van der Waals surface area contributed by atoms with Crippen LogP contribution in [0.2, 0.25) is 0 Å². The summed E-state index contributed by atoms with van der Waals surface area (Å²) in [5.41, 5.74) is 9.81. The largest absolute Gasteiger partial charge is 0.780 e. The van der Waals surface area contributed by atoms with E-state index in [1.165, 1.54) is 39.4 Å². The maximum atomic E-state index is 12.3. The molecule has 0 N–H and O–H groups in total. The third kappa shape index (κ3) is 21.2. The molecule has 0 spiro atoms. The van der Waals surface area contributed by atoms with Gasteiger partial charge in [-0.25, -0.2) is 0 Å². The van der Waals surface area contributed by atoms with Gasteiger partial charge in [0.1, 0.15) is 17.2 Å². The van der Waals surface area contributed by atoms with Crippen molar-refractivity contribution in [3.05, 3.63) is 193 Å². The Morgan fingerprint density at radius 3 is 1.12 bits per heavy atom. The number of hydrogen-bond donors (Lipinski definition) is 0. The molecule has 3 unspecified atom stereocenters. The summed E-state index contributed by atoms with van der Waals surface area (Å²) in [5, 5.41) is 0. The van der Waals surface area contributed by atoms with Gasteiger partial charge in [-0.05, 0) is 155 Å². The van der Waals surface area contributed by atoms with Gasteiger partial charge >= 0.3 is 0 Å². The molecule has 81 heavy (non-hydrogen) atoms. The van der Waals surface area contributed by atoms with Crippen molar-refractivity contribution in [2.24, 2.45) is 17.8 Å². The molecule has 0 saturated heterocycles. The van der Waals surface area contributed by atoms with Crippen LogP contribution in [0, 0.1) is 17.8 Å². The number of benzene rings is 6. The first-order valence-corrected chi connectivity index (χ1v) is 31.9. The van der Waals surface area contributed by atoms with Crippen LogP contribution in [0.1, 0.15) is 178 Å². The zero-order chi connectivity index (χ0) is 58.3. The van der Waals surface area contributed by atoms with E-state index in [-0.39, 0.29) is 20.5 Å². The summed E-state index contributed by atoms with van der Waals surface area (Å²) >= 11 is 25.6. The topological polar surface area (TPSA) is 44.8 Å². The van der Waals surface area contributed by atoms with Gasteiger partial charge in [0.2, 0.25) is 0 Å². The molecule has 0 saturated carbocycles. The molecule has 1 heterocycles. The molecule has 7 rings (SSSR count). The standard InChI is InChI=1S/C24H28O2S2.2C23H30OS2.Ni/c1-5-17(4)19-11-12-21(26-14-13-16(2)3)20(15-19)23-22(27-24(25)28-23)18-9-7-6-8-10-18;2*1-5-17(4)19-11-12-21(24-14-13-16(2)3)20(15-19)23(26)22(25)18-9-7-6-8-10-18;/h6-12,15-17H,5,13-14H2,1-4H3;2*6-12,15-17,25-26H,5,13-14H2,1-4H3;/p-4. The van der Waals surface area contributed by atoms with Crippen LogP contribution >= 0.6 is 22.7 Å².